The molecule has 2 aromatic carbocycles. The van der Waals surface area contributed by atoms with E-state index in [0.29, 0.717) is 22.8 Å². The van der Waals surface area contributed by atoms with Crippen LogP contribution in [0.15, 0.2) is 70.2 Å². The summed E-state index contributed by atoms with van der Waals surface area (Å²) in [4.78, 5) is 11.4. The van der Waals surface area contributed by atoms with Crippen LogP contribution in [-0.4, -0.2) is 36.3 Å². The summed E-state index contributed by atoms with van der Waals surface area (Å²) in [5, 5.41) is 25.4. The number of nitrogens with zero attached hydrogens (tertiary/aromatic N) is 4. The third-order valence-corrected chi connectivity index (χ3v) is 6.01. The highest BCUT2D eigenvalue weighted by Gasteiger charge is 2.16. The molecule has 0 saturated carbocycles. The van der Waals surface area contributed by atoms with E-state index in [2.05, 4.69) is 31.9 Å². The number of benzene rings is 2. The van der Waals surface area contributed by atoms with Crippen LogP contribution in [-0.2, 0) is 14.8 Å². The van der Waals surface area contributed by atoms with Crippen molar-refractivity contribution in [2.75, 3.05) is 12.4 Å². The van der Waals surface area contributed by atoms with E-state index in [4.69, 9.17) is 0 Å². The average molecular weight is 455 g/mol. The number of carbonyl (C=O) groups excluding carboxylic acids is 1. The topological polar surface area (TPSA) is 138 Å². The van der Waals surface area contributed by atoms with E-state index >= 15 is 0 Å². The number of aromatic hydroxyl groups is 1. The molecule has 166 valence electrons. The number of phenols is 1. The van der Waals surface area contributed by atoms with Crippen molar-refractivity contribution in [2.24, 2.45) is 10.2 Å². The van der Waals surface area contributed by atoms with Gasteiger partial charge >= 0.3 is 0 Å². The largest absolute Gasteiger partial charge is 0.506 e. The number of nitrogens with one attached hydrogen (secondary N) is 2. The van der Waals surface area contributed by atoms with Crippen LogP contribution in [0.25, 0.3) is 5.69 Å². The highest BCUT2D eigenvalue weighted by molar-refractivity contribution is 7.89. The minimum atomic E-state index is -3.69. The first-order chi connectivity index (χ1) is 15.2. The molecule has 0 saturated heterocycles. The fourth-order valence-electron chi connectivity index (χ4n) is 2.88. The molecule has 0 aliphatic rings. The van der Waals surface area contributed by atoms with Gasteiger partial charge in [-0.25, -0.2) is 17.8 Å². The third kappa shape index (κ3) is 4.74. The summed E-state index contributed by atoms with van der Waals surface area (Å²) >= 11 is 0. The predicted octanol–water partition coefficient (Wildman–Crippen LogP) is 3.64. The van der Waals surface area contributed by atoms with Crippen molar-refractivity contribution in [1.29, 1.82) is 0 Å². The quantitative estimate of drug-likeness (QED) is 0.370. The maximum atomic E-state index is 12.0. The lowest BCUT2D eigenvalue weighted by molar-refractivity contribution is -0.111. The molecule has 0 aliphatic heterocycles. The van der Waals surface area contributed by atoms with Crippen molar-refractivity contribution in [3.63, 3.8) is 0 Å². The fraction of sp³-hybridized carbons (Fsp3) is 0.143. The molecule has 32 heavy (non-hydrogen) atoms. The second kappa shape index (κ2) is 9.12. The van der Waals surface area contributed by atoms with Crippen molar-refractivity contribution in [1.82, 2.24) is 14.5 Å². The molecule has 1 aromatic heterocycles. The van der Waals surface area contributed by atoms with Gasteiger partial charge in [-0.15, -0.1) is 10.2 Å². The Morgan fingerprint density at radius 2 is 1.84 bits per heavy atom. The Hall–Kier alpha value is -3.83. The number of aryl methyl sites for hydroxylation is 1. The summed E-state index contributed by atoms with van der Waals surface area (Å²) in [5.74, 6) is -0.509. The van der Waals surface area contributed by atoms with Crippen LogP contribution < -0.4 is 10.0 Å². The normalized spacial score (nSPS) is 11.6. The number of carbonyl (C=O) groups is 1. The zero-order valence-electron chi connectivity index (χ0n) is 17.7. The molecule has 0 aliphatic carbocycles. The Kier molecular flexibility index (Phi) is 6.51. The second-order valence-electron chi connectivity index (χ2n) is 6.73. The predicted molar refractivity (Wildman–Crippen MR) is 120 cm³/mol. The van der Waals surface area contributed by atoms with E-state index < -0.39 is 10.0 Å². The molecule has 0 atom stereocenters. The highest BCUT2D eigenvalue weighted by Crippen LogP contribution is 2.33. The fourth-order valence-corrected chi connectivity index (χ4v) is 3.63. The minimum Gasteiger partial charge on any atom is -0.506 e. The number of hydrogen-bond acceptors (Lipinski definition) is 7. The number of azo groups is 1. The minimum absolute atomic E-state index is 0.00943. The Labute approximate surface area is 185 Å². The van der Waals surface area contributed by atoms with Gasteiger partial charge in [0.2, 0.25) is 15.9 Å². The van der Waals surface area contributed by atoms with E-state index in [1.807, 2.05) is 6.92 Å². The van der Waals surface area contributed by atoms with Gasteiger partial charge < -0.3 is 10.4 Å². The Morgan fingerprint density at radius 1 is 1.16 bits per heavy atom. The molecule has 0 radical (unpaired) electrons. The second-order valence-corrected chi connectivity index (χ2v) is 8.62. The molecule has 3 rings (SSSR count). The van der Waals surface area contributed by atoms with Crippen LogP contribution >= 0.6 is 0 Å². The SMILES string of the molecule is C=CC(=O)Nc1ccc(-n2nc(C)c(N=Nc3cc(S(=O)(=O)NC)ccc3O)c2C)cc1. The smallest absolute Gasteiger partial charge is 0.247 e. The first kappa shape index (κ1) is 22.8. The zero-order chi connectivity index (χ0) is 23.5. The molecule has 11 heteroatoms. The van der Waals surface area contributed by atoms with Gasteiger partial charge in [0.1, 0.15) is 17.1 Å². The van der Waals surface area contributed by atoms with Gasteiger partial charge in [-0.2, -0.15) is 5.10 Å². The molecule has 1 amide bonds. The maximum Gasteiger partial charge on any atom is 0.247 e. The van der Waals surface area contributed by atoms with Gasteiger partial charge in [0.25, 0.3) is 0 Å². The van der Waals surface area contributed by atoms with Crippen LogP contribution in [0.1, 0.15) is 11.4 Å². The van der Waals surface area contributed by atoms with E-state index in [1.165, 1.54) is 31.3 Å². The molecule has 0 spiro atoms. The molecular weight excluding hydrogens is 432 g/mol. The van der Waals surface area contributed by atoms with Gasteiger partial charge in [0, 0.05) is 5.69 Å². The molecule has 1 heterocycles. The third-order valence-electron chi connectivity index (χ3n) is 4.60. The number of hydrogen-bond donors (Lipinski definition) is 3. The van der Waals surface area contributed by atoms with Gasteiger partial charge in [-0.3, -0.25) is 4.79 Å². The van der Waals surface area contributed by atoms with Crippen LogP contribution in [0.4, 0.5) is 17.1 Å². The van der Waals surface area contributed by atoms with Gasteiger partial charge in [0.05, 0.1) is 22.0 Å². The van der Waals surface area contributed by atoms with Crippen LogP contribution in [0, 0.1) is 13.8 Å². The van der Waals surface area contributed by atoms with Gasteiger partial charge in [-0.05, 0) is 69.4 Å². The lowest BCUT2D eigenvalue weighted by Gasteiger charge is -2.07. The van der Waals surface area contributed by atoms with E-state index in [1.54, 1.807) is 35.9 Å². The van der Waals surface area contributed by atoms with Gasteiger partial charge in [-0.1, -0.05) is 6.58 Å². The summed E-state index contributed by atoms with van der Waals surface area (Å²) in [5.41, 5.74) is 3.13. The lowest BCUT2D eigenvalue weighted by atomic mass is 10.2. The van der Waals surface area contributed by atoms with Crippen LogP contribution in [0.5, 0.6) is 5.75 Å². The monoisotopic (exact) mass is 454 g/mol. The van der Waals surface area contributed by atoms with Crippen molar-refractivity contribution >= 4 is 33.0 Å². The molecule has 3 N–H and O–H groups in total. The maximum absolute atomic E-state index is 12.0. The number of anilines is 1. The summed E-state index contributed by atoms with van der Waals surface area (Å²) in [7, 11) is -2.40. The Bertz CT molecular complexity index is 1310. The summed E-state index contributed by atoms with van der Waals surface area (Å²) in [6, 6.07) is 10.8. The molecule has 0 unspecified atom stereocenters. The number of aromatic nitrogens is 2. The number of amides is 1. The molecular formula is C21H22N6O4S. The molecule has 10 nitrogen and oxygen atoms in total. The highest BCUT2D eigenvalue weighted by atomic mass is 32.2. The first-order valence-corrected chi connectivity index (χ1v) is 10.9. The average Bonchev–Trinajstić information content (AvgIpc) is 3.06. The number of phenolic OH excluding ortho intramolecular Hbond substituents is 1. The number of sulfonamides is 1. The summed E-state index contributed by atoms with van der Waals surface area (Å²) in [6.45, 7) is 6.99. The van der Waals surface area contributed by atoms with Crippen molar-refractivity contribution in [3.8, 4) is 11.4 Å². The van der Waals surface area contributed by atoms with E-state index in [9.17, 15) is 18.3 Å². The standard InChI is InChI=1S/C21H22N6O4S/c1-5-20(29)23-15-6-8-16(9-7-15)27-14(3)21(13(2)26-27)25-24-18-12-17(10-11-19(18)28)32(30,31)22-4/h5-12,22,28H,1H2,2-4H3,(H,23,29). The summed E-state index contributed by atoms with van der Waals surface area (Å²) in [6.07, 6.45) is 1.19. The van der Waals surface area contributed by atoms with E-state index in [0.717, 1.165) is 5.69 Å². The summed E-state index contributed by atoms with van der Waals surface area (Å²) < 4.78 is 27.9. The zero-order valence-corrected chi connectivity index (χ0v) is 18.5. The van der Waals surface area contributed by atoms with Crippen LogP contribution in [0.3, 0.4) is 0 Å². The van der Waals surface area contributed by atoms with E-state index in [-0.39, 0.29) is 22.2 Å². The lowest BCUT2D eigenvalue weighted by Crippen LogP contribution is -2.18. The molecule has 0 fully saturated rings. The van der Waals surface area contributed by atoms with Gasteiger partial charge in [0.15, 0.2) is 0 Å². The molecule has 3 aromatic rings. The van der Waals surface area contributed by atoms with Crippen molar-refractivity contribution in [3.05, 3.63) is 66.5 Å². The molecule has 0 bridgehead atoms. The first-order valence-electron chi connectivity index (χ1n) is 9.44. The number of rotatable bonds is 7. The van der Waals surface area contributed by atoms with Crippen molar-refractivity contribution in [2.45, 2.75) is 18.7 Å². The Balaban J connectivity index is 1.92. The van der Waals surface area contributed by atoms with Crippen molar-refractivity contribution < 1.29 is 18.3 Å². The Morgan fingerprint density at radius 3 is 2.47 bits per heavy atom. The van der Waals surface area contributed by atoms with Crippen LogP contribution in [0.2, 0.25) is 0 Å².